The number of hydrogen-bond acceptors (Lipinski definition) is 2. The molecule has 2 nitrogen and oxygen atoms in total. The van der Waals surface area contributed by atoms with Crippen LogP contribution in [0.15, 0.2) is 24.3 Å². The first-order valence-electron chi connectivity index (χ1n) is 5.18. The van der Waals surface area contributed by atoms with Crippen molar-refractivity contribution in [2.24, 2.45) is 11.7 Å². The van der Waals surface area contributed by atoms with Crippen molar-refractivity contribution < 1.29 is 4.74 Å². The fourth-order valence-electron chi connectivity index (χ4n) is 1.16. The maximum absolute atomic E-state index is 5.70. The lowest BCUT2D eigenvalue weighted by Gasteiger charge is -2.13. The molecule has 0 saturated carbocycles. The molecule has 1 atom stereocenters. The maximum Gasteiger partial charge on any atom is 0.123 e. The summed E-state index contributed by atoms with van der Waals surface area (Å²) in [6.07, 6.45) is 1.14. The Balaban J connectivity index is 2.57. The van der Waals surface area contributed by atoms with E-state index in [4.69, 9.17) is 10.5 Å². The van der Waals surface area contributed by atoms with E-state index >= 15 is 0 Å². The first kappa shape index (κ1) is 11.1. The molecule has 0 aliphatic heterocycles. The molecule has 0 amide bonds. The second-order valence-corrected chi connectivity index (χ2v) is 3.64. The second kappa shape index (κ2) is 5.66. The van der Waals surface area contributed by atoms with Crippen molar-refractivity contribution in [3.8, 4) is 5.75 Å². The minimum Gasteiger partial charge on any atom is -0.493 e. The molecule has 0 bridgehead atoms. The van der Waals surface area contributed by atoms with Gasteiger partial charge in [0.15, 0.2) is 0 Å². The molecular weight excluding hydrogens is 174 g/mol. The lowest BCUT2D eigenvalue weighted by molar-refractivity contribution is 0.254. The molecule has 78 valence electrons. The van der Waals surface area contributed by atoms with Crippen LogP contribution < -0.4 is 10.5 Å². The highest BCUT2D eigenvalue weighted by molar-refractivity contribution is 5.32. The zero-order valence-corrected chi connectivity index (χ0v) is 8.99. The van der Waals surface area contributed by atoms with Crippen molar-refractivity contribution in [2.75, 3.05) is 6.61 Å². The molecule has 0 aromatic heterocycles. The SMILES string of the molecule is CCC(C)COc1ccccc1CN. The summed E-state index contributed by atoms with van der Waals surface area (Å²) in [6, 6.07) is 7.94. The second-order valence-electron chi connectivity index (χ2n) is 3.64. The van der Waals surface area contributed by atoms with Gasteiger partial charge in [-0.25, -0.2) is 0 Å². The molecule has 0 aliphatic carbocycles. The van der Waals surface area contributed by atoms with Gasteiger partial charge in [0.1, 0.15) is 5.75 Å². The first-order chi connectivity index (χ1) is 6.77. The van der Waals surface area contributed by atoms with Crippen molar-refractivity contribution in [1.82, 2.24) is 0 Å². The summed E-state index contributed by atoms with van der Waals surface area (Å²) in [5, 5.41) is 0. The van der Waals surface area contributed by atoms with Gasteiger partial charge in [-0.3, -0.25) is 0 Å². The smallest absolute Gasteiger partial charge is 0.123 e. The van der Waals surface area contributed by atoms with E-state index in [-0.39, 0.29) is 0 Å². The molecule has 1 unspecified atom stereocenters. The molecule has 1 aromatic rings. The van der Waals surface area contributed by atoms with Gasteiger partial charge in [0.05, 0.1) is 6.61 Å². The average Bonchev–Trinajstić information content (AvgIpc) is 2.26. The number of ether oxygens (including phenoxy) is 1. The summed E-state index contributed by atoms with van der Waals surface area (Å²) in [5.74, 6) is 1.52. The van der Waals surface area contributed by atoms with E-state index in [1.165, 1.54) is 0 Å². The average molecular weight is 193 g/mol. The van der Waals surface area contributed by atoms with Gasteiger partial charge in [0.25, 0.3) is 0 Å². The number of nitrogens with two attached hydrogens (primary N) is 1. The molecule has 0 aliphatic rings. The zero-order valence-electron chi connectivity index (χ0n) is 8.99. The number of benzene rings is 1. The fraction of sp³-hybridized carbons (Fsp3) is 0.500. The van der Waals surface area contributed by atoms with Crippen LogP contribution >= 0.6 is 0 Å². The summed E-state index contributed by atoms with van der Waals surface area (Å²) < 4.78 is 5.70. The van der Waals surface area contributed by atoms with Crippen LogP contribution in [-0.4, -0.2) is 6.61 Å². The van der Waals surface area contributed by atoms with Crippen LogP contribution in [0.5, 0.6) is 5.75 Å². The molecule has 0 fully saturated rings. The first-order valence-corrected chi connectivity index (χ1v) is 5.18. The zero-order chi connectivity index (χ0) is 10.4. The Kier molecular flexibility index (Phi) is 4.47. The Morgan fingerprint density at radius 1 is 1.36 bits per heavy atom. The van der Waals surface area contributed by atoms with Gasteiger partial charge in [0.2, 0.25) is 0 Å². The topological polar surface area (TPSA) is 35.2 Å². The van der Waals surface area contributed by atoms with E-state index in [1.807, 2.05) is 24.3 Å². The monoisotopic (exact) mass is 193 g/mol. The van der Waals surface area contributed by atoms with Crippen molar-refractivity contribution >= 4 is 0 Å². The maximum atomic E-state index is 5.70. The molecule has 0 saturated heterocycles. The van der Waals surface area contributed by atoms with E-state index in [0.29, 0.717) is 12.5 Å². The van der Waals surface area contributed by atoms with Gasteiger partial charge in [-0.2, -0.15) is 0 Å². The Hall–Kier alpha value is -1.02. The molecule has 0 heterocycles. The lowest BCUT2D eigenvalue weighted by atomic mass is 10.1. The Labute approximate surface area is 86.1 Å². The Morgan fingerprint density at radius 3 is 2.71 bits per heavy atom. The molecule has 2 heteroatoms. The highest BCUT2D eigenvalue weighted by atomic mass is 16.5. The summed E-state index contributed by atoms with van der Waals surface area (Å²) in [6.45, 7) is 5.66. The minimum absolute atomic E-state index is 0.538. The van der Waals surface area contributed by atoms with Crippen molar-refractivity contribution in [1.29, 1.82) is 0 Å². The van der Waals surface area contributed by atoms with Crippen LogP contribution in [-0.2, 0) is 6.54 Å². The third-order valence-electron chi connectivity index (χ3n) is 2.41. The summed E-state index contributed by atoms with van der Waals surface area (Å²) in [4.78, 5) is 0. The van der Waals surface area contributed by atoms with Gasteiger partial charge in [-0.15, -0.1) is 0 Å². The van der Waals surface area contributed by atoms with E-state index in [1.54, 1.807) is 0 Å². The predicted octanol–water partition coefficient (Wildman–Crippen LogP) is 2.57. The van der Waals surface area contributed by atoms with Crippen LogP contribution in [0.25, 0.3) is 0 Å². The van der Waals surface area contributed by atoms with Gasteiger partial charge >= 0.3 is 0 Å². The van der Waals surface area contributed by atoms with Crippen LogP contribution in [0.1, 0.15) is 25.8 Å². The van der Waals surface area contributed by atoms with E-state index in [0.717, 1.165) is 24.3 Å². The molecule has 2 N–H and O–H groups in total. The molecule has 1 aromatic carbocycles. The molecule has 14 heavy (non-hydrogen) atoms. The Bertz CT molecular complexity index is 273. The van der Waals surface area contributed by atoms with Gasteiger partial charge < -0.3 is 10.5 Å². The normalized spacial score (nSPS) is 12.5. The molecular formula is C12H19NO. The Morgan fingerprint density at radius 2 is 2.07 bits per heavy atom. The summed E-state index contributed by atoms with van der Waals surface area (Å²) in [7, 11) is 0. The fourth-order valence-corrected chi connectivity index (χ4v) is 1.16. The van der Waals surface area contributed by atoms with Gasteiger partial charge in [-0.1, -0.05) is 38.5 Å². The third kappa shape index (κ3) is 3.04. The van der Waals surface area contributed by atoms with Crippen LogP contribution in [0.3, 0.4) is 0 Å². The van der Waals surface area contributed by atoms with Crippen LogP contribution in [0.4, 0.5) is 0 Å². The summed E-state index contributed by atoms with van der Waals surface area (Å²) >= 11 is 0. The van der Waals surface area contributed by atoms with Crippen LogP contribution in [0.2, 0.25) is 0 Å². The van der Waals surface area contributed by atoms with Gasteiger partial charge in [-0.05, 0) is 12.0 Å². The minimum atomic E-state index is 0.538. The number of rotatable bonds is 5. The van der Waals surface area contributed by atoms with Crippen LogP contribution in [0, 0.1) is 5.92 Å². The predicted molar refractivity (Wildman–Crippen MR) is 59.3 cm³/mol. The third-order valence-corrected chi connectivity index (χ3v) is 2.41. The molecule has 0 spiro atoms. The molecule has 0 radical (unpaired) electrons. The largest absolute Gasteiger partial charge is 0.493 e. The standard InChI is InChI=1S/C12H19NO/c1-3-10(2)9-14-12-7-5-4-6-11(12)8-13/h4-7,10H,3,8-9,13H2,1-2H3. The molecule has 1 rings (SSSR count). The van der Waals surface area contributed by atoms with Crippen molar-refractivity contribution in [2.45, 2.75) is 26.8 Å². The van der Waals surface area contributed by atoms with Crippen molar-refractivity contribution in [3.05, 3.63) is 29.8 Å². The summed E-state index contributed by atoms with van der Waals surface area (Å²) in [5.41, 5.74) is 6.69. The lowest BCUT2D eigenvalue weighted by Crippen LogP contribution is -2.09. The highest BCUT2D eigenvalue weighted by Gasteiger charge is 2.03. The quantitative estimate of drug-likeness (QED) is 0.780. The van der Waals surface area contributed by atoms with E-state index in [2.05, 4.69) is 13.8 Å². The highest BCUT2D eigenvalue weighted by Crippen LogP contribution is 2.18. The van der Waals surface area contributed by atoms with Crippen molar-refractivity contribution in [3.63, 3.8) is 0 Å². The number of para-hydroxylation sites is 1. The van der Waals surface area contributed by atoms with Gasteiger partial charge in [0, 0.05) is 12.1 Å². The van der Waals surface area contributed by atoms with E-state index in [9.17, 15) is 0 Å². The van der Waals surface area contributed by atoms with E-state index < -0.39 is 0 Å². The number of hydrogen-bond donors (Lipinski definition) is 1.